The number of hydrogen-bond acceptors (Lipinski definition) is 5. The van der Waals surface area contributed by atoms with Gasteiger partial charge >= 0.3 is 0 Å². The molecule has 8 heteroatoms. The van der Waals surface area contributed by atoms with Crippen molar-refractivity contribution in [3.05, 3.63) is 86.8 Å². The molecule has 4 aromatic rings. The molecule has 0 bridgehead atoms. The van der Waals surface area contributed by atoms with Crippen molar-refractivity contribution in [3.8, 4) is 0 Å². The van der Waals surface area contributed by atoms with Gasteiger partial charge in [0.05, 0.1) is 16.6 Å². The van der Waals surface area contributed by atoms with E-state index < -0.39 is 6.04 Å². The third kappa shape index (κ3) is 4.29. The fourth-order valence-electron chi connectivity index (χ4n) is 3.60. The summed E-state index contributed by atoms with van der Waals surface area (Å²) in [7, 11) is 0. The lowest BCUT2D eigenvalue weighted by Gasteiger charge is -2.16. The molecule has 0 aliphatic heterocycles. The Bertz CT molecular complexity index is 1440. The number of carbonyl (C=O) groups excluding carboxylic acids is 2. The highest BCUT2D eigenvalue weighted by Crippen LogP contribution is 2.28. The van der Waals surface area contributed by atoms with Gasteiger partial charge in [0.15, 0.2) is 0 Å². The van der Waals surface area contributed by atoms with E-state index in [1.165, 1.54) is 22.2 Å². The summed E-state index contributed by atoms with van der Waals surface area (Å²) < 4.78 is 1.30. The molecule has 2 N–H and O–H groups in total. The SMILES string of the molecule is Cc1ccccc1NC(=O)c1sc2ncn(C(C)C(=O)Nc3ccccc3C)c(=O)c2c1C. The predicted octanol–water partition coefficient (Wildman–Crippen LogP) is 4.84. The van der Waals surface area contributed by atoms with Crippen molar-refractivity contribution < 1.29 is 9.59 Å². The maximum atomic E-state index is 13.3. The summed E-state index contributed by atoms with van der Waals surface area (Å²) in [4.78, 5) is 44.3. The van der Waals surface area contributed by atoms with Gasteiger partial charge in [-0.1, -0.05) is 36.4 Å². The zero-order valence-electron chi connectivity index (χ0n) is 18.8. The van der Waals surface area contributed by atoms with Crippen LogP contribution in [-0.4, -0.2) is 21.4 Å². The zero-order valence-corrected chi connectivity index (χ0v) is 19.6. The summed E-state index contributed by atoms with van der Waals surface area (Å²) in [5, 5.41) is 6.13. The fourth-order valence-corrected chi connectivity index (χ4v) is 4.63. The summed E-state index contributed by atoms with van der Waals surface area (Å²) in [6, 6.07) is 14.2. The minimum atomic E-state index is -0.780. The van der Waals surface area contributed by atoms with Crippen LogP contribution in [0.4, 0.5) is 11.4 Å². The number of thiophene rings is 1. The minimum Gasteiger partial charge on any atom is -0.324 e. The summed E-state index contributed by atoms with van der Waals surface area (Å²) >= 11 is 1.17. The number of para-hydroxylation sites is 2. The molecule has 2 aromatic heterocycles. The normalized spacial score (nSPS) is 11.9. The molecule has 1 unspecified atom stereocenters. The van der Waals surface area contributed by atoms with Crippen LogP contribution in [-0.2, 0) is 4.79 Å². The van der Waals surface area contributed by atoms with Crippen LogP contribution in [0.1, 0.15) is 39.3 Å². The van der Waals surface area contributed by atoms with Gasteiger partial charge in [-0.2, -0.15) is 0 Å². The number of aromatic nitrogens is 2. The molecule has 0 saturated heterocycles. The lowest BCUT2D eigenvalue weighted by molar-refractivity contribution is -0.118. The van der Waals surface area contributed by atoms with E-state index in [2.05, 4.69) is 15.6 Å². The molecule has 0 radical (unpaired) electrons. The monoisotopic (exact) mass is 460 g/mol. The third-order valence-electron chi connectivity index (χ3n) is 5.68. The Labute approximate surface area is 195 Å². The van der Waals surface area contributed by atoms with Crippen LogP contribution in [0.25, 0.3) is 10.2 Å². The van der Waals surface area contributed by atoms with E-state index in [0.29, 0.717) is 32.0 Å². The molecule has 0 saturated carbocycles. The highest BCUT2D eigenvalue weighted by Gasteiger charge is 2.23. The number of nitrogens with zero attached hydrogens (tertiary/aromatic N) is 2. The number of fused-ring (bicyclic) bond motifs is 1. The van der Waals surface area contributed by atoms with Crippen LogP contribution in [0, 0.1) is 20.8 Å². The molecular weight excluding hydrogens is 436 g/mol. The van der Waals surface area contributed by atoms with Crippen molar-refractivity contribution in [1.29, 1.82) is 0 Å². The highest BCUT2D eigenvalue weighted by molar-refractivity contribution is 7.20. The second kappa shape index (κ2) is 8.99. The average Bonchev–Trinajstić information content (AvgIpc) is 3.14. The van der Waals surface area contributed by atoms with Crippen LogP contribution < -0.4 is 16.2 Å². The Morgan fingerprint density at radius 2 is 1.52 bits per heavy atom. The molecule has 7 nitrogen and oxygen atoms in total. The first kappa shape index (κ1) is 22.4. The van der Waals surface area contributed by atoms with Gasteiger partial charge in [0.25, 0.3) is 11.5 Å². The van der Waals surface area contributed by atoms with Crippen LogP contribution in [0.2, 0.25) is 0 Å². The number of hydrogen-bond donors (Lipinski definition) is 2. The first-order valence-electron chi connectivity index (χ1n) is 10.5. The molecule has 2 aromatic carbocycles. The van der Waals surface area contributed by atoms with Crippen LogP contribution in [0.3, 0.4) is 0 Å². The Morgan fingerprint density at radius 3 is 2.12 bits per heavy atom. The number of carbonyl (C=O) groups is 2. The van der Waals surface area contributed by atoms with Gasteiger partial charge in [-0.15, -0.1) is 11.3 Å². The van der Waals surface area contributed by atoms with Gasteiger partial charge in [0.1, 0.15) is 10.9 Å². The number of nitrogens with one attached hydrogen (secondary N) is 2. The first-order chi connectivity index (χ1) is 15.8. The van der Waals surface area contributed by atoms with Crippen molar-refractivity contribution >= 4 is 44.7 Å². The molecule has 0 spiro atoms. The number of anilines is 2. The van der Waals surface area contributed by atoms with Crippen LogP contribution >= 0.6 is 11.3 Å². The second-order valence-corrected chi connectivity index (χ2v) is 8.94. The summed E-state index contributed by atoms with van der Waals surface area (Å²) in [5.41, 5.74) is 3.48. The van der Waals surface area contributed by atoms with Gasteiger partial charge in [-0.25, -0.2) is 4.98 Å². The highest BCUT2D eigenvalue weighted by atomic mass is 32.1. The quantitative estimate of drug-likeness (QED) is 0.446. The molecule has 2 amide bonds. The van der Waals surface area contributed by atoms with E-state index in [0.717, 1.165) is 11.1 Å². The van der Waals surface area contributed by atoms with Crippen molar-refractivity contribution in [3.63, 3.8) is 0 Å². The summed E-state index contributed by atoms with van der Waals surface area (Å²) in [5.74, 6) is -0.612. The molecule has 0 fully saturated rings. The van der Waals surface area contributed by atoms with E-state index >= 15 is 0 Å². The van der Waals surface area contributed by atoms with Crippen LogP contribution in [0.15, 0.2) is 59.7 Å². The lowest BCUT2D eigenvalue weighted by Crippen LogP contribution is -2.32. The number of rotatable bonds is 5. The van der Waals surface area contributed by atoms with Crippen molar-refractivity contribution in [2.45, 2.75) is 33.7 Å². The molecule has 2 heterocycles. The maximum absolute atomic E-state index is 13.3. The zero-order chi connectivity index (χ0) is 23.7. The Morgan fingerprint density at radius 1 is 0.939 bits per heavy atom. The van der Waals surface area contributed by atoms with E-state index in [4.69, 9.17) is 0 Å². The summed E-state index contributed by atoms with van der Waals surface area (Å²) in [6.45, 7) is 7.20. The number of benzene rings is 2. The number of amides is 2. The van der Waals surface area contributed by atoms with Crippen LogP contribution in [0.5, 0.6) is 0 Å². The topological polar surface area (TPSA) is 93.1 Å². The van der Waals surface area contributed by atoms with E-state index in [-0.39, 0.29) is 17.4 Å². The lowest BCUT2D eigenvalue weighted by atomic mass is 10.1. The molecule has 4 rings (SSSR count). The minimum absolute atomic E-state index is 0.291. The molecule has 33 heavy (non-hydrogen) atoms. The molecule has 168 valence electrons. The second-order valence-electron chi connectivity index (χ2n) is 7.94. The van der Waals surface area contributed by atoms with Gasteiger partial charge in [-0.3, -0.25) is 19.0 Å². The van der Waals surface area contributed by atoms with E-state index in [1.54, 1.807) is 13.8 Å². The molecule has 0 aliphatic rings. The van der Waals surface area contributed by atoms with Gasteiger partial charge in [0, 0.05) is 11.4 Å². The third-order valence-corrected chi connectivity index (χ3v) is 6.87. The standard InChI is InChI=1S/C25H24N4O3S/c1-14-9-5-7-11-18(14)27-22(30)17(4)29-13-26-24-20(25(29)32)16(3)21(33-24)23(31)28-19-12-8-6-10-15(19)2/h5-13,17H,1-4H3,(H,27,30)(H,28,31). The maximum Gasteiger partial charge on any atom is 0.266 e. The molecule has 1 atom stereocenters. The van der Waals surface area contributed by atoms with Gasteiger partial charge in [0.2, 0.25) is 5.91 Å². The molecular formula is C25H24N4O3S. The Kier molecular flexibility index (Phi) is 6.11. The number of aryl methyl sites for hydroxylation is 3. The van der Waals surface area contributed by atoms with E-state index in [1.807, 2.05) is 62.4 Å². The average molecular weight is 461 g/mol. The van der Waals surface area contributed by atoms with Crippen molar-refractivity contribution in [1.82, 2.24) is 9.55 Å². The van der Waals surface area contributed by atoms with E-state index in [9.17, 15) is 14.4 Å². The first-order valence-corrected chi connectivity index (χ1v) is 11.3. The summed E-state index contributed by atoms with van der Waals surface area (Å²) in [6.07, 6.45) is 1.37. The predicted molar refractivity (Wildman–Crippen MR) is 132 cm³/mol. The van der Waals surface area contributed by atoms with Gasteiger partial charge in [-0.05, 0) is 56.5 Å². The fraction of sp³-hybridized carbons (Fsp3) is 0.200. The van der Waals surface area contributed by atoms with Crippen molar-refractivity contribution in [2.24, 2.45) is 0 Å². The molecule has 0 aliphatic carbocycles. The largest absolute Gasteiger partial charge is 0.324 e. The Hall–Kier alpha value is -3.78. The Balaban J connectivity index is 1.65. The smallest absolute Gasteiger partial charge is 0.266 e. The van der Waals surface area contributed by atoms with Crippen molar-refractivity contribution in [2.75, 3.05) is 10.6 Å². The van der Waals surface area contributed by atoms with Gasteiger partial charge < -0.3 is 10.6 Å².